The van der Waals surface area contributed by atoms with E-state index in [9.17, 15) is 4.39 Å². The van der Waals surface area contributed by atoms with Crippen molar-refractivity contribution in [3.8, 4) is 22.5 Å². The van der Waals surface area contributed by atoms with Crippen LogP contribution in [-0.4, -0.2) is 14.5 Å². The first kappa shape index (κ1) is 16.2. The van der Waals surface area contributed by atoms with Gasteiger partial charge in [0.2, 0.25) is 0 Å². The summed E-state index contributed by atoms with van der Waals surface area (Å²) in [6.07, 6.45) is 3.92. The number of imidazole rings is 1. The number of benzene rings is 2. The highest BCUT2D eigenvalue weighted by molar-refractivity contribution is 5.88. The number of halogens is 1. The maximum absolute atomic E-state index is 14.0. The Hall–Kier alpha value is -3.01. The van der Waals surface area contributed by atoms with Gasteiger partial charge in [-0.25, -0.2) is 9.37 Å². The normalized spacial score (nSPS) is 13.3. The minimum atomic E-state index is -0.165. The Balaban J connectivity index is 1.78. The predicted molar refractivity (Wildman–Crippen MR) is 106 cm³/mol. The van der Waals surface area contributed by atoms with Crippen molar-refractivity contribution in [2.45, 2.75) is 33.2 Å². The summed E-state index contributed by atoms with van der Waals surface area (Å²) in [6.45, 7) is 4.79. The number of pyridine rings is 1. The van der Waals surface area contributed by atoms with E-state index in [1.165, 1.54) is 0 Å². The van der Waals surface area contributed by atoms with Gasteiger partial charge in [0.25, 0.3) is 0 Å². The number of nitrogens with zero attached hydrogens (tertiary/aromatic N) is 3. The summed E-state index contributed by atoms with van der Waals surface area (Å²) in [5.41, 5.74) is 6.85. The molecule has 0 spiro atoms. The fourth-order valence-corrected chi connectivity index (χ4v) is 4.07. The highest BCUT2D eigenvalue weighted by Crippen LogP contribution is 2.38. The van der Waals surface area contributed by atoms with Gasteiger partial charge in [-0.2, -0.15) is 0 Å². The van der Waals surface area contributed by atoms with Crippen molar-refractivity contribution in [3.05, 3.63) is 71.4 Å². The van der Waals surface area contributed by atoms with E-state index in [2.05, 4.69) is 33.8 Å². The minimum absolute atomic E-state index is 0.165. The van der Waals surface area contributed by atoms with Gasteiger partial charge in [0.15, 0.2) is 0 Å². The molecule has 0 N–H and O–H groups in total. The zero-order chi connectivity index (χ0) is 18.5. The van der Waals surface area contributed by atoms with Crippen LogP contribution in [0.15, 0.2) is 48.7 Å². The zero-order valence-electron chi connectivity index (χ0n) is 15.5. The quantitative estimate of drug-likeness (QED) is 0.476. The third-order valence-corrected chi connectivity index (χ3v) is 5.68. The standard InChI is InChI=1S/C23H20FN3/c1-14-15(2)19(24)9-8-18(14)22-23(27-12-4-6-21(27)26-22)17-7-10-20-16(13-17)5-3-11-25-20/h3,5,7-11,13H,4,6,12H2,1-2H3. The molecular formula is C23H20FN3. The van der Waals surface area contributed by atoms with Crippen molar-refractivity contribution in [1.29, 1.82) is 0 Å². The minimum Gasteiger partial charge on any atom is -0.327 e. The molecule has 0 bridgehead atoms. The zero-order valence-corrected chi connectivity index (χ0v) is 15.5. The monoisotopic (exact) mass is 357 g/mol. The lowest BCUT2D eigenvalue weighted by Crippen LogP contribution is -1.98. The predicted octanol–water partition coefficient (Wildman–Crippen LogP) is 5.47. The van der Waals surface area contributed by atoms with Gasteiger partial charge in [-0.1, -0.05) is 12.1 Å². The second-order valence-electron chi connectivity index (χ2n) is 7.24. The molecule has 0 radical (unpaired) electrons. The number of rotatable bonds is 2. The Morgan fingerprint density at radius 3 is 2.81 bits per heavy atom. The van der Waals surface area contributed by atoms with E-state index in [1.807, 2.05) is 32.2 Å². The molecule has 5 rings (SSSR count). The average molecular weight is 357 g/mol. The fraction of sp³-hybridized carbons (Fsp3) is 0.217. The fourth-order valence-electron chi connectivity index (χ4n) is 4.07. The number of hydrogen-bond donors (Lipinski definition) is 0. The number of aromatic nitrogens is 3. The van der Waals surface area contributed by atoms with Gasteiger partial charge in [0.05, 0.1) is 16.9 Å². The van der Waals surface area contributed by atoms with Crippen LogP contribution in [-0.2, 0) is 13.0 Å². The lowest BCUT2D eigenvalue weighted by Gasteiger charge is -2.12. The van der Waals surface area contributed by atoms with Crippen molar-refractivity contribution >= 4 is 10.9 Å². The molecule has 2 aromatic heterocycles. The van der Waals surface area contributed by atoms with E-state index in [-0.39, 0.29) is 5.82 Å². The van der Waals surface area contributed by atoms with Gasteiger partial charge in [-0.3, -0.25) is 4.98 Å². The van der Waals surface area contributed by atoms with Gasteiger partial charge in [-0.15, -0.1) is 0 Å². The maximum atomic E-state index is 14.0. The molecule has 0 fully saturated rings. The van der Waals surface area contributed by atoms with Crippen molar-refractivity contribution in [3.63, 3.8) is 0 Å². The Morgan fingerprint density at radius 1 is 1.04 bits per heavy atom. The molecule has 2 aromatic carbocycles. The second kappa shape index (κ2) is 6.02. The SMILES string of the molecule is Cc1c(F)ccc(-c2nc3n(c2-c2ccc4ncccc4c2)CCC3)c1C. The topological polar surface area (TPSA) is 30.7 Å². The van der Waals surface area contributed by atoms with Gasteiger partial charge in [0, 0.05) is 35.7 Å². The Morgan fingerprint density at radius 2 is 1.93 bits per heavy atom. The van der Waals surface area contributed by atoms with Crippen LogP contribution < -0.4 is 0 Å². The van der Waals surface area contributed by atoms with E-state index in [4.69, 9.17) is 4.98 Å². The summed E-state index contributed by atoms with van der Waals surface area (Å²) in [4.78, 5) is 9.40. The molecule has 0 amide bonds. The van der Waals surface area contributed by atoms with Gasteiger partial charge in [0.1, 0.15) is 11.6 Å². The van der Waals surface area contributed by atoms with Gasteiger partial charge >= 0.3 is 0 Å². The Kier molecular flexibility index (Phi) is 3.61. The molecule has 4 heteroatoms. The molecular weight excluding hydrogens is 337 g/mol. The highest BCUT2D eigenvalue weighted by atomic mass is 19.1. The van der Waals surface area contributed by atoms with E-state index < -0.39 is 0 Å². The van der Waals surface area contributed by atoms with Crippen molar-refractivity contribution < 1.29 is 4.39 Å². The molecule has 27 heavy (non-hydrogen) atoms. The molecule has 0 saturated carbocycles. The Bertz CT molecular complexity index is 1190. The van der Waals surface area contributed by atoms with E-state index in [0.29, 0.717) is 5.56 Å². The highest BCUT2D eigenvalue weighted by Gasteiger charge is 2.24. The summed E-state index contributed by atoms with van der Waals surface area (Å²) in [7, 11) is 0. The number of hydrogen-bond acceptors (Lipinski definition) is 2. The number of fused-ring (bicyclic) bond motifs is 2. The van der Waals surface area contributed by atoms with Crippen LogP contribution in [0.25, 0.3) is 33.4 Å². The first-order valence-corrected chi connectivity index (χ1v) is 9.34. The lowest BCUT2D eigenvalue weighted by molar-refractivity contribution is 0.617. The van der Waals surface area contributed by atoms with Crippen LogP contribution in [0.1, 0.15) is 23.4 Å². The first-order valence-electron chi connectivity index (χ1n) is 9.34. The molecule has 3 heterocycles. The molecule has 1 aliphatic rings. The third-order valence-electron chi connectivity index (χ3n) is 5.68. The van der Waals surface area contributed by atoms with E-state index in [1.54, 1.807) is 6.07 Å². The van der Waals surface area contributed by atoms with E-state index >= 15 is 0 Å². The first-order chi connectivity index (χ1) is 13.1. The van der Waals surface area contributed by atoms with Crippen LogP contribution in [0.4, 0.5) is 4.39 Å². The third kappa shape index (κ3) is 2.47. The van der Waals surface area contributed by atoms with Crippen molar-refractivity contribution in [2.24, 2.45) is 0 Å². The summed E-state index contributed by atoms with van der Waals surface area (Å²) in [5.74, 6) is 0.953. The molecule has 134 valence electrons. The second-order valence-corrected chi connectivity index (χ2v) is 7.24. The maximum Gasteiger partial charge on any atom is 0.126 e. The Labute approximate surface area is 157 Å². The van der Waals surface area contributed by atoms with Crippen LogP contribution in [0.2, 0.25) is 0 Å². The summed E-state index contributed by atoms with van der Waals surface area (Å²) >= 11 is 0. The number of aryl methyl sites for hydroxylation is 1. The molecule has 0 unspecified atom stereocenters. The van der Waals surface area contributed by atoms with Crippen LogP contribution >= 0.6 is 0 Å². The van der Waals surface area contributed by atoms with Crippen molar-refractivity contribution in [1.82, 2.24) is 14.5 Å². The largest absolute Gasteiger partial charge is 0.327 e. The van der Waals surface area contributed by atoms with Gasteiger partial charge in [-0.05, 0) is 61.7 Å². The summed E-state index contributed by atoms with van der Waals surface area (Å²) in [6, 6.07) is 13.8. The summed E-state index contributed by atoms with van der Waals surface area (Å²) in [5, 5.41) is 1.11. The molecule has 0 atom stereocenters. The van der Waals surface area contributed by atoms with Gasteiger partial charge < -0.3 is 4.57 Å². The van der Waals surface area contributed by atoms with Crippen LogP contribution in [0.5, 0.6) is 0 Å². The summed E-state index contributed by atoms with van der Waals surface area (Å²) < 4.78 is 16.3. The molecule has 4 aromatic rings. The lowest BCUT2D eigenvalue weighted by atomic mass is 9.97. The molecule has 3 nitrogen and oxygen atoms in total. The van der Waals surface area contributed by atoms with Crippen LogP contribution in [0, 0.1) is 19.7 Å². The molecule has 0 aliphatic carbocycles. The average Bonchev–Trinajstić information content (AvgIpc) is 3.27. The molecule has 1 aliphatic heterocycles. The van der Waals surface area contributed by atoms with Crippen molar-refractivity contribution in [2.75, 3.05) is 0 Å². The smallest absolute Gasteiger partial charge is 0.126 e. The van der Waals surface area contributed by atoms with Crippen LogP contribution in [0.3, 0.4) is 0 Å². The molecule has 0 saturated heterocycles. The van der Waals surface area contributed by atoms with E-state index in [0.717, 1.165) is 64.2 Å².